The fourth-order valence-corrected chi connectivity index (χ4v) is 5.09. The van der Waals surface area contributed by atoms with Crippen LogP contribution in [0.15, 0.2) is 42.5 Å². The third kappa shape index (κ3) is 3.60. The fraction of sp³-hybridized carbons (Fsp3) is 0.167. The number of carbonyl (C=O) groups excluding carboxylic acids is 3. The molecule has 9 heteroatoms. The molecule has 0 saturated heterocycles. The van der Waals surface area contributed by atoms with Crippen LogP contribution in [0.2, 0.25) is 0 Å². The third-order valence-corrected chi connectivity index (χ3v) is 6.80. The molecule has 0 fully saturated rings. The quantitative estimate of drug-likeness (QED) is 0.585. The number of thiophene rings is 1. The minimum Gasteiger partial charge on any atom is -0.454 e. The van der Waals surface area contributed by atoms with E-state index in [4.69, 9.17) is 9.47 Å². The Balaban J connectivity index is 1.33. The number of nitrogens with one attached hydrogen (secondary N) is 1. The van der Waals surface area contributed by atoms with Crippen LogP contribution in [0.25, 0.3) is 0 Å². The lowest BCUT2D eigenvalue weighted by molar-refractivity contribution is -0.116. The second kappa shape index (κ2) is 8.07. The van der Waals surface area contributed by atoms with Crippen LogP contribution in [0.5, 0.6) is 11.5 Å². The average Bonchev–Trinajstić information content (AvgIpc) is 3.46. The van der Waals surface area contributed by atoms with Crippen LogP contribution in [-0.4, -0.2) is 36.0 Å². The zero-order valence-corrected chi connectivity index (χ0v) is 18.3. The second-order valence-electron chi connectivity index (χ2n) is 7.62. The first-order chi connectivity index (χ1) is 16.0. The summed E-state index contributed by atoms with van der Waals surface area (Å²) in [5, 5.41) is 12.8. The van der Waals surface area contributed by atoms with Crippen molar-refractivity contribution in [1.29, 1.82) is 5.26 Å². The first kappa shape index (κ1) is 20.7. The Morgan fingerprint density at radius 1 is 1.12 bits per heavy atom. The molecule has 0 aliphatic carbocycles. The Morgan fingerprint density at radius 2 is 1.82 bits per heavy atom. The lowest BCUT2D eigenvalue weighted by atomic mass is 10.1. The van der Waals surface area contributed by atoms with Crippen molar-refractivity contribution >= 4 is 34.1 Å². The molecule has 8 nitrogen and oxygen atoms in total. The van der Waals surface area contributed by atoms with E-state index >= 15 is 0 Å². The van der Waals surface area contributed by atoms with Gasteiger partial charge in [0.2, 0.25) is 12.7 Å². The summed E-state index contributed by atoms with van der Waals surface area (Å²) in [6, 6.07) is 14.3. The van der Waals surface area contributed by atoms with Crippen LogP contribution < -0.4 is 14.8 Å². The van der Waals surface area contributed by atoms with Gasteiger partial charge in [0.1, 0.15) is 17.6 Å². The second-order valence-corrected chi connectivity index (χ2v) is 8.73. The van der Waals surface area contributed by atoms with E-state index in [0.717, 1.165) is 20.9 Å². The van der Waals surface area contributed by atoms with E-state index in [0.29, 0.717) is 28.5 Å². The van der Waals surface area contributed by atoms with Crippen LogP contribution in [0, 0.1) is 18.3 Å². The van der Waals surface area contributed by atoms with Crippen molar-refractivity contribution in [3.05, 3.63) is 75.2 Å². The van der Waals surface area contributed by atoms with E-state index in [9.17, 15) is 19.6 Å². The number of rotatable bonds is 5. The molecule has 5 rings (SSSR count). The van der Waals surface area contributed by atoms with Crippen molar-refractivity contribution < 1.29 is 23.9 Å². The molecule has 2 aliphatic heterocycles. The number of fused-ring (bicyclic) bond motifs is 2. The number of carbonyl (C=O) groups is 3. The molecule has 0 bridgehead atoms. The lowest BCUT2D eigenvalue weighted by Gasteiger charge is -2.13. The van der Waals surface area contributed by atoms with E-state index in [1.54, 1.807) is 24.3 Å². The predicted molar refractivity (Wildman–Crippen MR) is 120 cm³/mol. The molecule has 3 amide bonds. The summed E-state index contributed by atoms with van der Waals surface area (Å²) < 4.78 is 10.8. The molecule has 0 unspecified atom stereocenters. The predicted octanol–water partition coefficient (Wildman–Crippen LogP) is 3.48. The zero-order chi connectivity index (χ0) is 23.1. The molecule has 3 heterocycles. The molecule has 0 radical (unpaired) electrons. The van der Waals surface area contributed by atoms with Gasteiger partial charge in [0.15, 0.2) is 11.5 Å². The Bertz CT molecular complexity index is 1340. The topological polar surface area (TPSA) is 109 Å². The van der Waals surface area contributed by atoms with Gasteiger partial charge in [-0.25, -0.2) is 0 Å². The molecule has 1 N–H and O–H groups in total. The molecule has 3 aromatic rings. The smallest absolute Gasteiger partial charge is 0.262 e. The molecule has 164 valence electrons. The van der Waals surface area contributed by atoms with Gasteiger partial charge in [-0.2, -0.15) is 5.26 Å². The summed E-state index contributed by atoms with van der Waals surface area (Å²) in [7, 11) is 0. The zero-order valence-electron chi connectivity index (χ0n) is 17.5. The number of ether oxygens (including phenoxy) is 2. The Hall–Kier alpha value is -4.16. The minimum absolute atomic E-state index is 0.193. The Kier molecular flexibility index (Phi) is 5.07. The number of anilines is 1. The van der Waals surface area contributed by atoms with E-state index in [1.807, 2.05) is 25.1 Å². The van der Waals surface area contributed by atoms with E-state index in [2.05, 4.69) is 11.4 Å². The monoisotopic (exact) mass is 459 g/mol. The van der Waals surface area contributed by atoms with Gasteiger partial charge < -0.3 is 14.8 Å². The highest BCUT2D eigenvalue weighted by molar-refractivity contribution is 7.16. The highest BCUT2D eigenvalue weighted by atomic mass is 32.1. The first-order valence-electron chi connectivity index (χ1n) is 10.1. The van der Waals surface area contributed by atoms with Crippen molar-refractivity contribution in [1.82, 2.24) is 4.90 Å². The van der Waals surface area contributed by atoms with E-state index in [-0.39, 0.29) is 17.9 Å². The number of hydrogen-bond acceptors (Lipinski definition) is 7. The highest BCUT2D eigenvalue weighted by Gasteiger charge is 2.36. The van der Waals surface area contributed by atoms with Gasteiger partial charge in [0.25, 0.3) is 11.8 Å². The third-order valence-electron chi connectivity index (χ3n) is 5.59. The summed E-state index contributed by atoms with van der Waals surface area (Å²) >= 11 is 1.30. The first-order valence-corrected chi connectivity index (χ1v) is 10.9. The SMILES string of the molecule is Cc1c(Cc2ccc3c(c2)OCO3)sc(NC(=O)CN2C(=O)c3ccccc3C2=O)c1C#N. The molecule has 0 saturated carbocycles. The highest BCUT2D eigenvalue weighted by Crippen LogP contribution is 2.37. The summed E-state index contributed by atoms with van der Waals surface area (Å²) in [6.45, 7) is 1.60. The summed E-state index contributed by atoms with van der Waals surface area (Å²) in [5.74, 6) is -0.178. The number of nitrogens with zero attached hydrogens (tertiary/aromatic N) is 2. The molecular formula is C24H17N3O5S. The van der Waals surface area contributed by atoms with Gasteiger partial charge >= 0.3 is 0 Å². The maximum Gasteiger partial charge on any atom is 0.262 e. The average molecular weight is 459 g/mol. The van der Waals surface area contributed by atoms with E-state index < -0.39 is 24.3 Å². The molecule has 2 aromatic carbocycles. The number of nitriles is 1. The normalized spacial score (nSPS) is 13.8. The van der Waals surface area contributed by atoms with Crippen molar-refractivity contribution in [3.8, 4) is 17.6 Å². The summed E-state index contributed by atoms with van der Waals surface area (Å²) in [5.41, 5.74) is 2.69. The summed E-state index contributed by atoms with van der Waals surface area (Å²) in [6.07, 6.45) is 0.552. The maximum absolute atomic E-state index is 12.7. The molecule has 33 heavy (non-hydrogen) atoms. The van der Waals surface area contributed by atoms with Crippen molar-refractivity contribution in [2.75, 3.05) is 18.7 Å². The van der Waals surface area contributed by atoms with Crippen molar-refractivity contribution in [2.24, 2.45) is 0 Å². The minimum atomic E-state index is -0.545. The molecule has 2 aliphatic rings. The number of benzene rings is 2. The van der Waals surface area contributed by atoms with Gasteiger partial charge in [-0.3, -0.25) is 19.3 Å². The van der Waals surface area contributed by atoms with Gasteiger partial charge in [-0.05, 0) is 42.3 Å². The van der Waals surface area contributed by atoms with Crippen LogP contribution in [-0.2, 0) is 11.2 Å². The summed E-state index contributed by atoms with van der Waals surface area (Å²) in [4.78, 5) is 39.6. The fourth-order valence-electron chi connectivity index (χ4n) is 3.88. The van der Waals surface area contributed by atoms with Crippen LogP contribution >= 0.6 is 11.3 Å². The van der Waals surface area contributed by atoms with E-state index in [1.165, 1.54) is 11.3 Å². The largest absolute Gasteiger partial charge is 0.454 e. The maximum atomic E-state index is 12.7. The van der Waals surface area contributed by atoms with Crippen LogP contribution in [0.4, 0.5) is 5.00 Å². The van der Waals surface area contributed by atoms with Crippen LogP contribution in [0.1, 0.15) is 42.3 Å². The number of imide groups is 1. The Morgan fingerprint density at radius 3 is 2.52 bits per heavy atom. The molecule has 0 spiro atoms. The van der Waals surface area contributed by atoms with Gasteiger partial charge in [0.05, 0.1) is 16.7 Å². The van der Waals surface area contributed by atoms with Crippen molar-refractivity contribution in [2.45, 2.75) is 13.3 Å². The molecule has 1 aromatic heterocycles. The molecule has 0 atom stereocenters. The standard InChI is InChI=1S/C24H17N3O5S/c1-13-17(10-25)22(33-20(13)9-14-6-7-18-19(8-14)32-12-31-18)26-21(28)11-27-23(29)15-4-2-3-5-16(15)24(27)30/h2-8H,9,11-12H2,1H3,(H,26,28). The lowest BCUT2D eigenvalue weighted by Crippen LogP contribution is -2.37. The molecular weight excluding hydrogens is 442 g/mol. The van der Waals surface area contributed by atoms with Crippen LogP contribution in [0.3, 0.4) is 0 Å². The number of amides is 3. The van der Waals surface area contributed by atoms with Gasteiger partial charge in [-0.15, -0.1) is 11.3 Å². The van der Waals surface area contributed by atoms with Gasteiger partial charge in [0, 0.05) is 11.3 Å². The number of hydrogen-bond donors (Lipinski definition) is 1. The van der Waals surface area contributed by atoms with Gasteiger partial charge in [-0.1, -0.05) is 18.2 Å². The van der Waals surface area contributed by atoms with Crippen molar-refractivity contribution in [3.63, 3.8) is 0 Å². The Labute approximate surface area is 193 Å².